The quantitative estimate of drug-likeness (QED) is 0.621. The molecule has 0 fully saturated rings. The van der Waals surface area contributed by atoms with Gasteiger partial charge in [0.1, 0.15) is 10.4 Å². The molecule has 1 aromatic heterocycles. The highest BCUT2D eigenvalue weighted by Gasteiger charge is 2.29. The van der Waals surface area contributed by atoms with Crippen molar-refractivity contribution in [2.75, 3.05) is 6.61 Å². The number of alkyl halides is 3. The lowest BCUT2D eigenvalue weighted by Crippen LogP contribution is -2.20. The van der Waals surface area contributed by atoms with Crippen molar-refractivity contribution in [1.82, 2.24) is 3.96 Å². The van der Waals surface area contributed by atoms with E-state index in [2.05, 4.69) is 11.9 Å². The van der Waals surface area contributed by atoms with Gasteiger partial charge in [0.25, 0.3) is 5.91 Å². The van der Waals surface area contributed by atoms with Crippen molar-refractivity contribution >= 4 is 17.4 Å². The summed E-state index contributed by atoms with van der Waals surface area (Å²) >= 11 is 1.32. The van der Waals surface area contributed by atoms with Gasteiger partial charge in [-0.1, -0.05) is 13.3 Å². The third-order valence-electron chi connectivity index (χ3n) is 4.13. The van der Waals surface area contributed by atoms with E-state index in [1.807, 2.05) is 37.0 Å². The molecule has 0 spiro atoms. The minimum atomic E-state index is -4.55. The Morgan fingerprint density at radius 3 is 2.57 bits per heavy atom. The fraction of sp³-hybridized carbons (Fsp3) is 0.476. The topological polar surface area (TPSA) is 67.4 Å². The van der Waals surface area contributed by atoms with Crippen LogP contribution >= 0.6 is 11.5 Å². The highest BCUT2D eigenvalue weighted by atomic mass is 32.1. The monoisotopic (exact) mass is 439 g/mol. The van der Waals surface area contributed by atoms with Crippen LogP contribution in [0.1, 0.15) is 62.0 Å². The van der Waals surface area contributed by atoms with Crippen molar-refractivity contribution < 1.29 is 22.7 Å². The van der Waals surface area contributed by atoms with E-state index in [1.54, 1.807) is 0 Å². The zero-order chi connectivity index (χ0) is 22.5. The van der Waals surface area contributed by atoms with Crippen LogP contribution in [0.5, 0.6) is 5.75 Å². The standard InChI is InChI=1S/C21H24F3N3O2S/c1-5-6-7-15-12-27(20(2,3)4)30-19(15)26-18(28)16-10-14(11-25)8-9-17(16)29-13-21(22,23)24/h8-10,12H,5-7,13H2,1-4H3. The van der Waals surface area contributed by atoms with Gasteiger partial charge in [-0.3, -0.25) is 8.75 Å². The highest BCUT2D eigenvalue weighted by Crippen LogP contribution is 2.25. The molecule has 1 amide bonds. The molecule has 5 nitrogen and oxygen atoms in total. The Hall–Kier alpha value is -2.60. The normalized spacial score (nSPS) is 12.7. The molecule has 2 rings (SSSR count). The van der Waals surface area contributed by atoms with Gasteiger partial charge in [0, 0.05) is 17.3 Å². The molecule has 0 unspecified atom stereocenters. The number of carbonyl (C=O) groups excluding carboxylic acids is 1. The summed E-state index contributed by atoms with van der Waals surface area (Å²) in [4.78, 5) is 17.1. The van der Waals surface area contributed by atoms with Crippen LogP contribution in [-0.2, 0) is 12.0 Å². The van der Waals surface area contributed by atoms with E-state index in [1.165, 1.54) is 29.7 Å². The number of hydrogen-bond donors (Lipinski definition) is 0. The molecule has 162 valence electrons. The van der Waals surface area contributed by atoms with Gasteiger partial charge in [0.05, 0.1) is 17.2 Å². The molecular formula is C21H24F3N3O2S. The van der Waals surface area contributed by atoms with E-state index in [9.17, 15) is 18.0 Å². The lowest BCUT2D eigenvalue weighted by molar-refractivity contribution is -0.153. The Kier molecular flexibility index (Phi) is 7.48. The lowest BCUT2D eigenvalue weighted by Gasteiger charge is -2.19. The number of benzene rings is 1. The summed E-state index contributed by atoms with van der Waals surface area (Å²) in [6, 6.07) is 5.57. The van der Waals surface area contributed by atoms with Crippen LogP contribution in [0.4, 0.5) is 13.2 Å². The van der Waals surface area contributed by atoms with Crippen molar-refractivity contribution in [2.24, 2.45) is 4.99 Å². The van der Waals surface area contributed by atoms with E-state index in [-0.39, 0.29) is 22.4 Å². The van der Waals surface area contributed by atoms with Crippen LogP contribution in [-0.4, -0.2) is 22.6 Å². The lowest BCUT2D eigenvalue weighted by atomic mass is 10.1. The van der Waals surface area contributed by atoms with Crippen molar-refractivity contribution in [3.63, 3.8) is 0 Å². The number of amides is 1. The second-order valence-corrected chi connectivity index (χ2v) is 8.76. The number of hydrogen-bond acceptors (Lipinski definition) is 4. The molecule has 1 aromatic carbocycles. The van der Waals surface area contributed by atoms with E-state index in [0.29, 0.717) is 4.67 Å². The smallest absolute Gasteiger partial charge is 0.422 e. The third-order valence-corrected chi connectivity index (χ3v) is 5.50. The summed E-state index contributed by atoms with van der Waals surface area (Å²) < 4.78 is 45.0. The van der Waals surface area contributed by atoms with Gasteiger partial charge < -0.3 is 4.74 Å². The van der Waals surface area contributed by atoms with E-state index < -0.39 is 18.7 Å². The zero-order valence-corrected chi connectivity index (χ0v) is 18.2. The maximum atomic E-state index is 12.9. The molecule has 0 saturated carbocycles. The second kappa shape index (κ2) is 9.47. The van der Waals surface area contributed by atoms with Crippen LogP contribution in [0.15, 0.2) is 29.4 Å². The molecule has 0 saturated heterocycles. The summed E-state index contributed by atoms with van der Waals surface area (Å²) in [5.41, 5.74) is 0.661. The highest BCUT2D eigenvalue weighted by molar-refractivity contribution is 7.04. The molecule has 0 atom stereocenters. The first-order chi connectivity index (χ1) is 13.9. The minimum absolute atomic E-state index is 0.134. The summed E-state index contributed by atoms with van der Waals surface area (Å²) in [6.45, 7) is 6.60. The molecular weight excluding hydrogens is 415 g/mol. The van der Waals surface area contributed by atoms with Gasteiger partial charge in [-0.05, 0) is 63.3 Å². The largest absolute Gasteiger partial charge is 0.483 e. The molecule has 30 heavy (non-hydrogen) atoms. The van der Waals surface area contributed by atoms with Crippen LogP contribution in [0.2, 0.25) is 0 Å². The second-order valence-electron chi connectivity index (χ2n) is 7.79. The number of rotatable bonds is 6. The Balaban J connectivity index is 2.51. The Morgan fingerprint density at radius 2 is 2.00 bits per heavy atom. The predicted octanol–water partition coefficient (Wildman–Crippen LogP) is 5.20. The average molecular weight is 440 g/mol. The van der Waals surface area contributed by atoms with Crippen LogP contribution < -0.4 is 9.41 Å². The molecule has 0 radical (unpaired) electrons. The molecule has 0 bridgehead atoms. The maximum Gasteiger partial charge on any atom is 0.422 e. The molecule has 9 heteroatoms. The van der Waals surface area contributed by atoms with Gasteiger partial charge in [-0.25, -0.2) is 0 Å². The number of nitrogens with zero attached hydrogens (tertiary/aromatic N) is 3. The maximum absolute atomic E-state index is 12.9. The van der Waals surface area contributed by atoms with E-state index in [4.69, 9.17) is 10.00 Å². The number of ether oxygens (including phenoxy) is 1. The first-order valence-corrected chi connectivity index (χ1v) is 10.3. The summed E-state index contributed by atoms with van der Waals surface area (Å²) in [7, 11) is 0. The number of unbranched alkanes of at least 4 members (excludes halogenated alkanes) is 1. The van der Waals surface area contributed by atoms with Gasteiger partial charge in [-0.15, -0.1) is 0 Å². The number of aromatic nitrogens is 1. The van der Waals surface area contributed by atoms with Crippen LogP contribution in [0.3, 0.4) is 0 Å². The molecule has 0 N–H and O–H groups in total. The van der Waals surface area contributed by atoms with Crippen LogP contribution in [0, 0.1) is 11.3 Å². The van der Waals surface area contributed by atoms with Crippen molar-refractivity contribution in [1.29, 1.82) is 5.26 Å². The van der Waals surface area contributed by atoms with Gasteiger partial charge in [0.2, 0.25) is 0 Å². The zero-order valence-electron chi connectivity index (χ0n) is 17.3. The van der Waals surface area contributed by atoms with Crippen molar-refractivity contribution in [3.8, 4) is 11.8 Å². The number of halogens is 3. The number of nitriles is 1. The van der Waals surface area contributed by atoms with Crippen molar-refractivity contribution in [3.05, 3.63) is 45.8 Å². The molecule has 0 aliphatic heterocycles. The van der Waals surface area contributed by atoms with Gasteiger partial charge in [-0.2, -0.15) is 23.4 Å². The summed E-state index contributed by atoms with van der Waals surface area (Å²) in [5.74, 6) is -1.000. The number of aryl methyl sites for hydroxylation is 1. The number of carbonyl (C=O) groups is 1. The summed E-state index contributed by atoms with van der Waals surface area (Å²) in [5, 5.41) is 9.10. The molecule has 0 aliphatic carbocycles. The summed E-state index contributed by atoms with van der Waals surface area (Å²) in [6.07, 6.45) is 0.0294. The predicted molar refractivity (Wildman–Crippen MR) is 109 cm³/mol. The SMILES string of the molecule is CCCCc1cn(C(C)(C)C)sc1=NC(=O)c1cc(C#N)ccc1OCC(F)(F)F. The fourth-order valence-electron chi connectivity index (χ4n) is 2.54. The minimum Gasteiger partial charge on any atom is -0.483 e. The molecule has 0 aliphatic rings. The van der Waals surface area contributed by atoms with Crippen LogP contribution in [0.25, 0.3) is 0 Å². The van der Waals surface area contributed by atoms with Gasteiger partial charge in [0.15, 0.2) is 6.61 Å². The van der Waals surface area contributed by atoms with E-state index >= 15 is 0 Å². The third kappa shape index (κ3) is 6.46. The Bertz CT molecular complexity index is 1010. The Labute approximate surface area is 177 Å². The van der Waals surface area contributed by atoms with Crippen molar-refractivity contribution in [2.45, 2.75) is 58.7 Å². The Morgan fingerprint density at radius 1 is 1.30 bits per heavy atom. The first-order valence-electron chi connectivity index (χ1n) is 9.49. The van der Waals surface area contributed by atoms with Gasteiger partial charge >= 0.3 is 6.18 Å². The fourth-order valence-corrected chi connectivity index (χ4v) is 3.58. The molecule has 1 heterocycles. The molecule has 2 aromatic rings. The first kappa shape index (κ1) is 23.7. The average Bonchev–Trinajstić information content (AvgIpc) is 3.07. The van der Waals surface area contributed by atoms with E-state index in [0.717, 1.165) is 24.8 Å².